The molecule has 5 nitrogen and oxygen atoms in total. The van der Waals surface area contributed by atoms with E-state index in [4.69, 9.17) is 23.2 Å². The Labute approximate surface area is 145 Å². The van der Waals surface area contributed by atoms with Crippen LogP contribution >= 0.6 is 23.2 Å². The number of hydrogen-bond donors (Lipinski definition) is 2. The van der Waals surface area contributed by atoms with Crippen LogP contribution in [0.25, 0.3) is 0 Å². The number of hydrogen-bond acceptors (Lipinski definition) is 4. The Morgan fingerprint density at radius 3 is 2.61 bits per heavy atom. The van der Waals surface area contributed by atoms with Crippen molar-refractivity contribution in [3.05, 3.63) is 46.1 Å². The molecule has 1 heterocycles. The second kappa shape index (κ2) is 8.13. The van der Waals surface area contributed by atoms with Crippen molar-refractivity contribution in [1.82, 2.24) is 10.2 Å². The van der Waals surface area contributed by atoms with Crippen LogP contribution in [0, 0.1) is 5.92 Å². The van der Waals surface area contributed by atoms with Gasteiger partial charge in [0, 0.05) is 11.6 Å². The second-order valence-corrected chi connectivity index (χ2v) is 6.34. The third-order valence-corrected chi connectivity index (χ3v) is 3.67. The Balaban J connectivity index is 1.98. The number of rotatable bonds is 6. The van der Waals surface area contributed by atoms with Gasteiger partial charge in [0.05, 0.1) is 10.7 Å². The van der Waals surface area contributed by atoms with Gasteiger partial charge in [0.25, 0.3) is 5.91 Å². The highest BCUT2D eigenvalue weighted by Gasteiger charge is 2.11. The van der Waals surface area contributed by atoms with Gasteiger partial charge < -0.3 is 10.6 Å². The van der Waals surface area contributed by atoms with Crippen molar-refractivity contribution in [1.29, 1.82) is 0 Å². The Hall–Kier alpha value is -1.85. The van der Waals surface area contributed by atoms with E-state index < -0.39 is 5.91 Å². The molecule has 0 saturated heterocycles. The number of aromatic nitrogens is 2. The molecule has 0 spiro atoms. The molecule has 0 aliphatic carbocycles. The monoisotopic (exact) mass is 352 g/mol. The van der Waals surface area contributed by atoms with Gasteiger partial charge in [-0.15, -0.1) is 10.2 Å². The summed E-state index contributed by atoms with van der Waals surface area (Å²) in [5.74, 6) is 0.862. The summed E-state index contributed by atoms with van der Waals surface area (Å²) in [6.07, 6.45) is 1.04. The maximum absolute atomic E-state index is 12.2. The summed E-state index contributed by atoms with van der Waals surface area (Å²) in [6.45, 7) is 5.12. The maximum atomic E-state index is 12.2. The fourth-order valence-electron chi connectivity index (χ4n) is 1.82. The first-order valence-corrected chi connectivity index (χ1v) is 8.05. The van der Waals surface area contributed by atoms with Gasteiger partial charge in [-0.1, -0.05) is 37.0 Å². The number of amides is 1. The summed E-state index contributed by atoms with van der Waals surface area (Å²) < 4.78 is 0. The largest absolute Gasteiger partial charge is 0.369 e. The smallest absolute Gasteiger partial charge is 0.276 e. The summed E-state index contributed by atoms with van der Waals surface area (Å²) in [7, 11) is 0. The van der Waals surface area contributed by atoms with E-state index in [1.807, 2.05) is 0 Å². The predicted octanol–water partition coefficient (Wildman–Crippen LogP) is 4.49. The Kier molecular flexibility index (Phi) is 6.19. The molecular formula is C16H18Cl2N4O. The number of carbonyl (C=O) groups is 1. The average molecular weight is 353 g/mol. The van der Waals surface area contributed by atoms with Crippen LogP contribution in [0.3, 0.4) is 0 Å². The van der Waals surface area contributed by atoms with Crippen LogP contribution < -0.4 is 10.6 Å². The normalized spacial score (nSPS) is 10.7. The lowest BCUT2D eigenvalue weighted by Gasteiger charge is -2.08. The van der Waals surface area contributed by atoms with Crippen LogP contribution in [-0.4, -0.2) is 22.6 Å². The van der Waals surface area contributed by atoms with Gasteiger partial charge in [0.15, 0.2) is 5.69 Å². The van der Waals surface area contributed by atoms with Crippen LogP contribution in [0.5, 0.6) is 0 Å². The Morgan fingerprint density at radius 1 is 1.17 bits per heavy atom. The highest BCUT2D eigenvalue weighted by Crippen LogP contribution is 2.25. The molecule has 0 radical (unpaired) electrons. The topological polar surface area (TPSA) is 66.9 Å². The minimum absolute atomic E-state index is 0.204. The van der Waals surface area contributed by atoms with Crippen molar-refractivity contribution in [2.75, 3.05) is 17.2 Å². The lowest BCUT2D eigenvalue weighted by Crippen LogP contribution is -2.15. The maximum Gasteiger partial charge on any atom is 0.276 e. The van der Waals surface area contributed by atoms with Gasteiger partial charge >= 0.3 is 0 Å². The lowest BCUT2D eigenvalue weighted by molar-refractivity contribution is 0.102. The number of carbonyl (C=O) groups excluding carboxylic acids is 1. The van der Waals surface area contributed by atoms with Gasteiger partial charge in [-0.25, -0.2) is 0 Å². The summed E-state index contributed by atoms with van der Waals surface area (Å²) in [4.78, 5) is 12.2. The highest BCUT2D eigenvalue weighted by atomic mass is 35.5. The van der Waals surface area contributed by atoms with Crippen LogP contribution in [0.1, 0.15) is 30.8 Å². The molecule has 1 amide bonds. The standard InChI is InChI=1S/C16H18Cl2N4O/c1-10(2)7-8-19-15-6-5-13(21-22-15)16(23)20-14-9-11(17)3-4-12(14)18/h3-6,9-10H,7-8H2,1-2H3,(H,19,22)(H,20,23). The molecular weight excluding hydrogens is 335 g/mol. The van der Waals surface area contributed by atoms with E-state index in [-0.39, 0.29) is 5.69 Å². The van der Waals surface area contributed by atoms with Crippen LogP contribution in [0.15, 0.2) is 30.3 Å². The number of benzene rings is 1. The molecule has 0 aliphatic rings. The first-order valence-electron chi connectivity index (χ1n) is 7.29. The van der Waals surface area contributed by atoms with E-state index >= 15 is 0 Å². The molecule has 1 aromatic heterocycles. The molecule has 0 unspecified atom stereocenters. The predicted molar refractivity (Wildman–Crippen MR) is 94.4 cm³/mol. The van der Waals surface area contributed by atoms with Crippen molar-refractivity contribution in [2.24, 2.45) is 5.92 Å². The number of nitrogens with one attached hydrogen (secondary N) is 2. The molecule has 23 heavy (non-hydrogen) atoms. The van der Waals surface area contributed by atoms with Crippen molar-refractivity contribution >= 4 is 40.6 Å². The molecule has 7 heteroatoms. The zero-order valence-electron chi connectivity index (χ0n) is 12.9. The first-order chi connectivity index (χ1) is 11.0. The van der Waals surface area contributed by atoms with E-state index in [1.165, 1.54) is 0 Å². The zero-order chi connectivity index (χ0) is 16.8. The highest BCUT2D eigenvalue weighted by molar-refractivity contribution is 6.35. The van der Waals surface area contributed by atoms with E-state index in [1.54, 1.807) is 30.3 Å². The van der Waals surface area contributed by atoms with Crippen LogP contribution in [0.4, 0.5) is 11.5 Å². The number of anilines is 2. The van der Waals surface area contributed by atoms with Gasteiger partial charge in [0.2, 0.25) is 0 Å². The molecule has 1 aromatic carbocycles. The van der Waals surface area contributed by atoms with Crippen molar-refractivity contribution in [3.63, 3.8) is 0 Å². The summed E-state index contributed by atoms with van der Waals surface area (Å²) in [6, 6.07) is 8.18. The molecule has 2 aromatic rings. The van der Waals surface area contributed by atoms with E-state index in [2.05, 4.69) is 34.7 Å². The summed E-state index contributed by atoms with van der Waals surface area (Å²) in [5.41, 5.74) is 0.639. The minimum atomic E-state index is -0.393. The van der Waals surface area contributed by atoms with Crippen molar-refractivity contribution in [3.8, 4) is 0 Å². The van der Waals surface area contributed by atoms with E-state index in [9.17, 15) is 4.79 Å². The Bertz CT molecular complexity index is 674. The first kappa shape index (κ1) is 17.5. The van der Waals surface area contributed by atoms with Gasteiger partial charge in [-0.05, 0) is 42.7 Å². The van der Waals surface area contributed by atoms with Gasteiger partial charge in [0.1, 0.15) is 5.82 Å². The molecule has 0 bridgehead atoms. The molecule has 0 fully saturated rings. The average Bonchev–Trinajstić information content (AvgIpc) is 2.51. The van der Waals surface area contributed by atoms with Crippen LogP contribution in [0.2, 0.25) is 10.0 Å². The minimum Gasteiger partial charge on any atom is -0.369 e. The summed E-state index contributed by atoms with van der Waals surface area (Å²) >= 11 is 11.9. The summed E-state index contributed by atoms with van der Waals surface area (Å²) in [5, 5.41) is 14.6. The van der Waals surface area contributed by atoms with Gasteiger partial charge in [-0.2, -0.15) is 0 Å². The number of halogens is 2. The fraction of sp³-hybridized carbons (Fsp3) is 0.312. The molecule has 0 atom stereocenters. The van der Waals surface area contributed by atoms with Crippen molar-refractivity contribution in [2.45, 2.75) is 20.3 Å². The molecule has 0 aliphatic heterocycles. The lowest BCUT2D eigenvalue weighted by atomic mass is 10.1. The quantitative estimate of drug-likeness (QED) is 0.803. The fourth-order valence-corrected chi connectivity index (χ4v) is 2.15. The Morgan fingerprint density at radius 2 is 1.96 bits per heavy atom. The SMILES string of the molecule is CC(C)CCNc1ccc(C(=O)Nc2cc(Cl)ccc2Cl)nn1. The molecule has 2 rings (SSSR count). The van der Waals surface area contributed by atoms with E-state index in [0.29, 0.717) is 27.5 Å². The molecule has 0 saturated carbocycles. The van der Waals surface area contributed by atoms with Crippen LogP contribution in [-0.2, 0) is 0 Å². The van der Waals surface area contributed by atoms with Gasteiger partial charge in [-0.3, -0.25) is 4.79 Å². The molecule has 2 N–H and O–H groups in total. The van der Waals surface area contributed by atoms with E-state index in [0.717, 1.165) is 13.0 Å². The third kappa shape index (κ3) is 5.37. The third-order valence-electron chi connectivity index (χ3n) is 3.10. The second-order valence-electron chi connectivity index (χ2n) is 5.49. The zero-order valence-corrected chi connectivity index (χ0v) is 14.4. The number of nitrogens with zero attached hydrogens (tertiary/aromatic N) is 2. The molecule has 122 valence electrons. The van der Waals surface area contributed by atoms with Crippen molar-refractivity contribution < 1.29 is 4.79 Å².